The minimum Gasteiger partial charge on any atom is -0.303 e. The smallest absolute Gasteiger partial charge is 0.00106 e. The Kier molecular flexibility index (Phi) is 9.54. The minimum atomic E-state index is 0.970. The molecule has 0 unspecified atom stereocenters. The van der Waals surface area contributed by atoms with E-state index in [9.17, 15) is 0 Å². The van der Waals surface area contributed by atoms with Crippen LogP contribution in [0.3, 0.4) is 0 Å². The van der Waals surface area contributed by atoms with Crippen LogP contribution in [-0.2, 0) is 0 Å². The lowest BCUT2D eigenvalue weighted by atomic mass is 9.93. The fourth-order valence-corrected chi connectivity index (χ4v) is 3.38. The van der Waals surface area contributed by atoms with Gasteiger partial charge in [-0.25, -0.2) is 0 Å². The van der Waals surface area contributed by atoms with Gasteiger partial charge >= 0.3 is 0 Å². The van der Waals surface area contributed by atoms with Crippen molar-refractivity contribution in [3.63, 3.8) is 0 Å². The van der Waals surface area contributed by atoms with Gasteiger partial charge in [-0.3, -0.25) is 0 Å². The normalized spacial score (nSPS) is 23.4. The predicted octanol–water partition coefficient (Wildman–Crippen LogP) is 4.26. The molecule has 2 heteroatoms. The van der Waals surface area contributed by atoms with Gasteiger partial charge in [0.1, 0.15) is 0 Å². The summed E-state index contributed by atoms with van der Waals surface area (Å²) in [6.07, 6.45) is 8.46. The van der Waals surface area contributed by atoms with Crippen molar-refractivity contribution in [3.8, 4) is 0 Å². The van der Waals surface area contributed by atoms with E-state index in [1.165, 1.54) is 77.8 Å². The van der Waals surface area contributed by atoms with E-state index in [1.807, 2.05) is 13.8 Å². The number of rotatable bonds is 5. The van der Waals surface area contributed by atoms with Gasteiger partial charge in [-0.05, 0) is 76.7 Å². The highest BCUT2D eigenvalue weighted by atomic mass is 15.1. The van der Waals surface area contributed by atoms with Gasteiger partial charge in [0, 0.05) is 6.54 Å². The van der Waals surface area contributed by atoms with Crippen molar-refractivity contribution in [1.82, 2.24) is 9.80 Å². The molecule has 0 aliphatic carbocycles. The molecule has 0 radical (unpaired) electrons. The Hall–Kier alpha value is -0.0800. The fraction of sp³-hybridized carbons (Fsp3) is 1.00. The summed E-state index contributed by atoms with van der Waals surface area (Å²) in [6.45, 7) is 16.9. The summed E-state index contributed by atoms with van der Waals surface area (Å²) in [5.74, 6) is 1.95. The maximum atomic E-state index is 2.73. The van der Waals surface area contributed by atoms with E-state index in [4.69, 9.17) is 0 Å². The Morgan fingerprint density at radius 1 is 0.850 bits per heavy atom. The zero-order chi connectivity index (χ0) is 14.8. The number of piperidine rings is 2. The summed E-state index contributed by atoms with van der Waals surface area (Å²) in [5.41, 5.74) is 0. The second-order valence-corrected chi connectivity index (χ2v) is 6.62. The van der Waals surface area contributed by atoms with Crippen LogP contribution in [0.1, 0.15) is 66.2 Å². The predicted molar refractivity (Wildman–Crippen MR) is 90.3 cm³/mol. The van der Waals surface area contributed by atoms with Crippen LogP contribution in [0.4, 0.5) is 0 Å². The first-order valence-electron chi connectivity index (χ1n) is 9.22. The summed E-state index contributed by atoms with van der Waals surface area (Å²) >= 11 is 0. The van der Waals surface area contributed by atoms with Crippen LogP contribution in [0, 0.1) is 11.8 Å². The van der Waals surface area contributed by atoms with Crippen LogP contribution in [0.15, 0.2) is 0 Å². The first-order valence-corrected chi connectivity index (χ1v) is 9.22. The van der Waals surface area contributed by atoms with Gasteiger partial charge in [0.2, 0.25) is 0 Å². The minimum absolute atomic E-state index is 0.970. The molecule has 2 nitrogen and oxygen atoms in total. The van der Waals surface area contributed by atoms with E-state index in [-0.39, 0.29) is 0 Å². The third-order valence-corrected chi connectivity index (χ3v) is 4.93. The Labute approximate surface area is 127 Å². The standard InChI is InChI=1S/C16H32N2.C2H6/c1-3-4-9-17-12-7-16(8-13-17)14-18-10-5-15(2)6-11-18;1-2/h15-16H,3-14H2,1-2H3;1-2H3. The zero-order valence-electron chi connectivity index (χ0n) is 14.5. The molecule has 0 amide bonds. The largest absolute Gasteiger partial charge is 0.303 e. The Balaban J connectivity index is 0.000000956. The fourth-order valence-electron chi connectivity index (χ4n) is 3.38. The maximum Gasteiger partial charge on any atom is 0.00106 e. The molecule has 0 bridgehead atoms. The van der Waals surface area contributed by atoms with Crippen molar-refractivity contribution in [1.29, 1.82) is 0 Å². The quantitative estimate of drug-likeness (QED) is 0.743. The van der Waals surface area contributed by atoms with Gasteiger partial charge in [0.25, 0.3) is 0 Å². The number of likely N-dealkylation sites (tertiary alicyclic amines) is 2. The second-order valence-electron chi connectivity index (χ2n) is 6.62. The SMILES string of the molecule is CC.CCCCN1CCC(CN2CCC(C)CC2)CC1. The lowest BCUT2D eigenvalue weighted by molar-refractivity contribution is 0.120. The molecular formula is C18H38N2. The molecule has 2 heterocycles. The molecule has 20 heavy (non-hydrogen) atoms. The van der Waals surface area contributed by atoms with Crippen molar-refractivity contribution in [2.24, 2.45) is 11.8 Å². The highest BCUT2D eigenvalue weighted by Gasteiger charge is 2.23. The number of unbranched alkanes of at least 4 members (excludes halogenated alkanes) is 1. The molecule has 2 saturated heterocycles. The molecular weight excluding hydrogens is 244 g/mol. The van der Waals surface area contributed by atoms with Gasteiger partial charge < -0.3 is 9.80 Å². The van der Waals surface area contributed by atoms with E-state index in [0.29, 0.717) is 0 Å². The van der Waals surface area contributed by atoms with E-state index >= 15 is 0 Å². The van der Waals surface area contributed by atoms with Crippen LogP contribution in [0.5, 0.6) is 0 Å². The third kappa shape index (κ3) is 6.58. The second kappa shape index (κ2) is 10.6. The lowest BCUT2D eigenvalue weighted by Gasteiger charge is -2.37. The van der Waals surface area contributed by atoms with Gasteiger partial charge in [0.15, 0.2) is 0 Å². The van der Waals surface area contributed by atoms with Crippen LogP contribution >= 0.6 is 0 Å². The topological polar surface area (TPSA) is 6.48 Å². The molecule has 0 aromatic rings. The molecule has 0 saturated carbocycles. The Morgan fingerprint density at radius 2 is 1.40 bits per heavy atom. The molecule has 2 aliphatic rings. The van der Waals surface area contributed by atoms with Crippen LogP contribution in [-0.4, -0.2) is 49.1 Å². The van der Waals surface area contributed by atoms with Gasteiger partial charge in [-0.2, -0.15) is 0 Å². The molecule has 0 aromatic carbocycles. The molecule has 2 fully saturated rings. The van der Waals surface area contributed by atoms with Gasteiger partial charge in [0.05, 0.1) is 0 Å². The summed E-state index contributed by atoms with van der Waals surface area (Å²) in [6, 6.07) is 0. The van der Waals surface area contributed by atoms with E-state index in [1.54, 1.807) is 0 Å². The van der Waals surface area contributed by atoms with Crippen molar-refractivity contribution in [2.75, 3.05) is 39.3 Å². The van der Waals surface area contributed by atoms with E-state index in [0.717, 1.165) is 11.8 Å². The van der Waals surface area contributed by atoms with Crippen LogP contribution < -0.4 is 0 Å². The maximum absolute atomic E-state index is 2.73. The lowest BCUT2D eigenvalue weighted by Crippen LogP contribution is -2.41. The molecule has 0 atom stereocenters. The van der Waals surface area contributed by atoms with E-state index < -0.39 is 0 Å². The monoisotopic (exact) mass is 282 g/mol. The number of hydrogen-bond acceptors (Lipinski definition) is 2. The molecule has 0 N–H and O–H groups in total. The van der Waals surface area contributed by atoms with Crippen molar-refractivity contribution in [2.45, 2.75) is 66.2 Å². The van der Waals surface area contributed by atoms with E-state index in [2.05, 4.69) is 23.6 Å². The van der Waals surface area contributed by atoms with Crippen molar-refractivity contribution in [3.05, 3.63) is 0 Å². The average Bonchev–Trinajstić information content (AvgIpc) is 2.51. The third-order valence-electron chi connectivity index (χ3n) is 4.93. The molecule has 0 aromatic heterocycles. The summed E-state index contributed by atoms with van der Waals surface area (Å²) in [4.78, 5) is 5.41. The first-order chi connectivity index (χ1) is 9.78. The summed E-state index contributed by atoms with van der Waals surface area (Å²) in [7, 11) is 0. The van der Waals surface area contributed by atoms with Gasteiger partial charge in [-0.15, -0.1) is 0 Å². The number of hydrogen-bond donors (Lipinski definition) is 0. The first kappa shape index (κ1) is 18.0. The Morgan fingerprint density at radius 3 is 1.95 bits per heavy atom. The molecule has 0 spiro atoms. The zero-order valence-corrected chi connectivity index (χ0v) is 14.5. The molecule has 120 valence electrons. The highest BCUT2D eigenvalue weighted by Crippen LogP contribution is 2.22. The molecule has 2 rings (SSSR count). The Bertz CT molecular complexity index is 213. The molecule has 2 aliphatic heterocycles. The highest BCUT2D eigenvalue weighted by molar-refractivity contribution is 4.77. The number of nitrogens with zero attached hydrogens (tertiary/aromatic N) is 2. The van der Waals surface area contributed by atoms with Crippen LogP contribution in [0.25, 0.3) is 0 Å². The van der Waals surface area contributed by atoms with Crippen molar-refractivity contribution < 1.29 is 0 Å². The van der Waals surface area contributed by atoms with Crippen LogP contribution in [0.2, 0.25) is 0 Å². The van der Waals surface area contributed by atoms with Gasteiger partial charge in [-0.1, -0.05) is 34.1 Å². The summed E-state index contributed by atoms with van der Waals surface area (Å²) < 4.78 is 0. The summed E-state index contributed by atoms with van der Waals surface area (Å²) in [5, 5.41) is 0. The van der Waals surface area contributed by atoms with Crippen molar-refractivity contribution >= 4 is 0 Å². The average molecular weight is 283 g/mol.